The van der Waals surface area contributed by atoms with Crippen LogP contribution in [-0.2, 0) is 0 Å². The van der Waals surface area contributed by atoms with Crippen molar-refractivity contribution in [1.82, 2.24) is 9.38 Å². The lowest BCUT2D eigenvalue weighted by atomic mass is 10.1. The van der Waals surface area contributed by atoms with E-state index >= 15 is 0 Å². The van der Waals surface area contributed by atoms with Crippen molar-refractivity contribution in [1.29, 1.82) is 0 Å². The predicted octanol–water partition coefficient (Wildman–Crippen LogP) is 4.06. The molecule has 2 heterocycles. The van der Waals surface area contributed by atoms with Crippen LogP contribution in [0.3, 0.4) is 0 Å². The van der Waals surface area contributed by atoms with Crippen molar-refractivity contribution in [3.63, 3.8) is 0 Å². The highest BCUT2D eigenvalue weighted by Crippen LogP contribution is 2.32. The summed E-state index contributed by atoms with van der Waals surface area (Å²) in [5.41, 5.74) is 1.89. The second-order valence-electron chi connectivity index (χ2n) is 4.18. The molecular weight excluding hydrogens is 278 g/mol. The summed E-state index contributed by atoms with van der Waals surface area (Å²) in [5.74, 6) is 0.989. The molecule has 0 aliphatic rings. The van der Waals surface area contributed by atoms with Crippen LogP contribution in [0.4, 0.5) is 5.82 Å². The van der Waals surface area contributed by atoms with Crippen LogP contribution in [0.5, 0.6) is 5.75 Å². The van der Waals surface area contributed by atoms with Gasteiger partial charge in [0.15, 0.2) is 0 Å². The molecule has 100 valence electrons. The van der Waals surface area contributed by atoms with E-state index in [2.05, 4.69) is 10.2 Å². The number of nitroso groups, excluding NO2 is 1. The summed E-state index contributed by atoms with van der Waals surface area (Å²) < 4.78 is 6.72. The molecule has 5 nitrogen and oxygen atoms in total. The first-order valence-electron chi connectivity index (χ1n) is 5.88. The quantitative estimate of drug-likeness (QED) is 0.683. The largest absolute Gasteiger partial charge is 0.497 e. The number of imidazole rings is 1. The first kappa shape index (κ1) is 12.6. The Balaban J connectivity index is 2.21. The molecule has 0 bridgehead atoms. The summed E-state index contributed by atoms with van der Waals surface area (Å²) in [6.07, 6.45) is 1.68. The number of hydrogen-bond acceptors (Lipinski definition) is 4. The molecule has 0 fully saturated rings. The lowest BCUT2D eigenvalue weighted by Crippen LogP contribution is -1.83. The number of rotatable bonds is 3. The molecule has 1 aromatic carbocycles. The van der Waals surface area contributed by atoms with Crippen LogP contribution in [0, 0.1) is 4.91 Å². The third-order valence-electron chi connectivity index (χ3n) is 3.01. The summed E-state index contributed by atoms with van der Waals surface area (Å²) in [4.78, 5) is 15.5. The molecule has 0 saturated carbocycles. The Hall–Kier alpha value is -2.40. The van der Waals surface area contributed by atoms with Gasteiger partial charge < -0.3 is 4.74 Å². The van der Waals surface area contributed by atoms with Crippen LogP contribution >= 0.6 is 11.6 Å². The van der Waals surface area contributed by atoms with Gasteiger partial charge >= 0.3 is 0 Å². The lowest BCUT2D eigenvalue weighted by Gasteiger charge is -2.01. The standard InChI is InChI=1S/C14H10ClN3O2/c1-20-11-4-2-9(3-5-11)13-14(17-19)18-7-6-10(15)8-12(18)16-13/h2-8H,1H3. The van der Waals surface area contributed by atoms with E-state index in [0.29, 0.717) is 16.4 Å². The summed E-state index contributed by atoms with van der Waals surface area (Å²) in [6, 6.07) is 10.6. The Morgan fingerprint density at radius 3 is 2.65 bits per heavy atom. The third-order valence-corrected chi connectivity index (χ3v) is 3.25. The fourth-order valence-corrected chi connectivity index (χ4v) is 2.19. The minimum absolute atomic E-state index is 0.252. The average molecular weight is 288 g/mol. The first-order chi connectivity index (χ1) is 9.72. The summed E-state index contributed by atoms with van der Waals surface area (Å²) in [7, 11) is 1.60. The Morgan fingerprint density at radius 1 is 1.25 bits per heavy atom. The zero-order valence-corrected chi connectivity index (χ0v) is 11.3. The highest BCUT2D eigenvalue weighted by Gasteiger charge is 2.15. The molecule has 20 heavy (non-hydrogen) atoms. The van der Waals surface area contributed by atoms with Crippen LogP contribution < -0.4 is 4.74 Å². The molecule has 0 atom stereocenters. The highest BCUT2D eigenvalue weighted by atomic mass is 35.5. The maximum Gasteiger partial charge on any atom is 0.209 e. The van der Waals surface area contributed by atoms with Gasteiger partial charge in [-0.1, -0.05) is 11.6 Å². The lowest BCUT2D eigenvalue weighted by molar-refractivity contribution is 0.415. The Morgan fingerprint density at radius 2 is 2.00 bits per heavy atom. The maximum atomic E-state index is 11.1. The van der Waals surface area contributed by atoms with E-state index in [0.717, 1.165) is 11.3 Å². The number of aromatic nitrogens is 2. The van der Waals surface area contributed by atoms with Crippen molar-refractivity contribution in [2.75, 3.05) is 7.11 Å². The maximum absolute atomic E-state index is 11.1. The monoisotopic (exact) mass is 287 g/mol. The van der Waals surface area contributed by atoms with Gasteiger partial charge in [0, 0.05) is 22.8 Å². The predicted molar refractivity (Wildman–Crippen MR) is 77.6 cm³/mol. The van der Waals surface area contributed by atoms with Gasteiger partial charge in [-0.2, -0.15) is 0 Å². The van der Waals surface area contributed by atoms with Crippen molar-refractivity contribution in [2.24, 2.45) is 5.18 Å². The van der Waals surface area contributed by atoms with Gasteiger partial charge in [0.05, 0.1) is 7.11 Å². The minimum atomic E-state index is 0.252. The van der Waals surface area contributed by atoms with Crippen molar-refractivity contribution >= 4 is 23.1 Å². The second-order valence-corrected chi connectivity index (χ2v) is 4.61. The van der Waals surface area contributed by atoms with Gasteiger partial charge in [-0.15, -0.1) is 4.91 Å². The number of methoxy groups -OCH3 is 1. The molecule has 6 heteroatoms. The zero-order chi connectivity index (χ0) is 14.1. The molecule has 0 amide bonds. The number of ether oxygens (including phenoxy) is 1. The second kappa shape index (κ2) is 4.94. The Kier molecular flexibility index (Phi) is 3.12. The van der Waals surface area contributed by atoms with E-state index in [-0.39, 0.29) is 5.82 Å². The topological polar surface area (TPSA) is 56.0 Å². The Bertz CT molecular complexity index is 781. The van der Waals surface area contributed by atoms with Crippen molar-refractivity contribution in [3.8, 4) is 17.0 Å². The molecule has 3 rings (SSSR count). The number of nitrogens with zero attached hydrogens (tertiary/aromatic N) is 3. The molecule has 2 aromatic heterocycles. The fourth-order valence-electron chi connectivity index (χ4n) is 2.04. The van der Waals surface area contributed by atoms with E-state index in [1.807, 2.05) is 12.1 Å². The van der Waals surface area contributed by atoms with Gasteiger partial charge in [0.1, 0.15) is 17.1 Å². The van der Waals surface area contributed by atoms with Crippen molar-refractivity contribution in [3.05, 3.63) is 52.5 Å². The molecule has 0 N–H and O–H groups in total. The zero-order valence-electron chi connectivity index (χ0n) is 10.6. The number of pyridine rings is 1. The van der Waals surface area contributed by atoms with E-state index in [1.54, 1.807) is 42.0 Å². The molecule has 0 spiro atoms. The van der Waals surface area contributed by atoms with Crippen molar-refractivity contribution < 1.29 is 4.74 Å². The van der Waals surface area contributed by atoms with Crippen LogP contribution in [0.2, 0.25) is 5.02 Å². The molecule has 0 radical (unpaired) electrons. The van der Waals surface area contributed by atoms with Gasteiger partial charge in [-0.05, 0) is 35.5 Å². The molecular formula is C14H10ClN3O2. The van der Waals surface area contributed by atoms with Gasteiger partial charge in [-0.25, -0.2) is 4.98 Å². The van der Waals surface area contributed by atoms with Crippen LogP contribution in [0.25, 0.3) is 16.9 Å². The van der Waals surface area contributed by atoms with Crippen LogP contribution in [0.15, 0.2) is 47.8 Å². The van der Waals surface area contributed by atoms with E-state index < -0.39 is 0 Å². The molecule has 3 aromatic rings. The number of halogens is 1. The van der Waals surface area contributed by atoms with E-state index in [1.165, 1.54) is 0 Å². The normalized spacial score (nSPS) is 10.7. The average Bonchev–Trinajstić information content (AvgIpc) is 2.84. The van der Waals surface area contributed by atoms with Crippen LogP contribution in [-0.4, -0.2) is 16.5 Å². The fraction of sp³-hybridized carbons (Fsp3) is 0.0714. The third kappa shape index (κ3) is 2.02. The summed E-state index contributed by atoms with van der Waals surface area (Å²) in [6.45, 7) is 0. The van der Waals surface area contributed by atoms with Gasteiger partial charge in [0.2, 0.25) is 5.82 Å². The number of benzene rings is 1. The first-order valence-corrected chi connectivity index (χ1v) is 6.26. The molecule has 0 unspecified atom stereocenters. The Labute approximate surface area is 119 Å². The molecule has 0 saturated heterocycles. The molecule has 0 aliphatic heterocycles. The van der Waals surface area contributed by atoms with Crippen LogP contribution in [0.1, 0.15) is 0 Å². The van der Waals surface area contributed by atoms with Gasteiger partial charge in [0.25, 0.3) is 0 Å². The highest BCUT2D eigenvalue weighted by molar-refractivity contribution is 6.30. The van der Waals surface area contributed by atoms with E-state index in [4.69, 9.17) is 16.3 Å². The van der Waals surface area contributed by atoms with E-state index in [9.17, 15) is 4.91 Å². The SMILES string of the molecule is COc1ccc(-c2nc3cc(Cl)ccn3c2N=O)cc1. The number of hydrogen-bond donors (Lipinski definition) is 0. The minimum Gasteiger partial charge on any atom is -0.497 e. The summed E-state index contributed by atoms with van der Waals surface area (Å²) in [5, 5.41) is 3.64. The molecule has 0 aliphatic carbocycles. The smallest absolute Gasteiger partial charge is 0.209 e. The van der Waals surface area contributed by atoms with Gasteiger partial charge in [-0.3, -0.25) is 4.40 Å². The van der Waals surface area contributed by atoms with Crippen molar-refractivity contribution in [2.45, 2.75) is 0 Å². The summed E-state index contributed by atoms with van der Waals surface area (Å²) >= 11 is 5.93. The number of fused-ring (bicyclic) bond motifs is 1.